The Balaban J connectivity index is 1.66. The van der Waals surface area contributed by atoms with Gasteiger partial charge in [-0.3, -0.25) is 4.79 Å². The summed E-state index contributed by atoms with van der Waals surface area (Å²) in [5, 5.41) is 0. The van der Waals surface area contributed by atoms with Crippen LogP contribution in [0.2, 0.25) is 0 Å². The lowest BCUT2D eigenvalue weighted by atomic mass is 9.68. The Morgan fingerprint density at radius 1 is 1.00 bits per heavy atom. The second-order valence-corrected chi connectivity index (χ2v) is 12.1. The molecule has 1 aromatic rings. The molecule has 2 aliphatic rings. The summed E-state index contributed by atoms with van der Waals surface area (Å²) in [4.78, 5) is 13.6. The number of carbonyl (C=O) groups excluding carboxylic acids is 1. The van der Waals surface area contributed by atoms with E-state index >= 15 is 0 Å². The first-order valence-corrected chi connectivity index (χ1v) is 15.2. The average molecular weight is 483 g/mol. The molecule has 1 aliphatic carbocycles. The predicted molar refractivity (Wildman–Crippen MR) is 149 cm³/mol. The third-order valence-corrected chi connectivity index (χ3v) is 9.05. The molecule has 0 amide bonds. The largest absolute Gasteiger partial charge is 0.381 e. The third kappa shape index (κ3) is 9.03. The van der Waals surface area contributed by atoms with Crippen molar-refractivity contribution in [3.05, 3.63) is 34.9 Å². The fourth-order valence-corrected chi connectivity index (χ4v) is 7.11. The number of ether oxygens (including phenoxy) is 1. The van der Waals surface area contributed by atoms with E-state index in [0.29, 0.717) is 35.4 Å². The first kappa shape index (κ1) is 28.4. The molecule has 0 bridgehead atoms. The molecule has 35 heavy (non-hydrogen) atoms. The molecule has 0 aromatic heterocycles. The van der Waals surface area contributed by atoms with Crippen LogP contribution in [0.3, 0.4) is 0 Å². The zero-order valence-electron chi connectivity index (χ0n) is 23.5. The Labute approximate surface area is 217 Å². The quantitative estimate of drug-likeness (QED) is 0.247. The molecule has 1 heterocycles. The highest BCUT2D eigenvalue weighted by Crippen LogP contribution is 2.43. The van der Waals surface area contributed by atoms with E-state index in [2.05, 4.69) is 45.9 Å². The van der Waals surface area contributed by atoms with Crippen molar-refractivity contribution < 1.29 is 9.53 Å². The molecule has 1 saturated heterocycles. The van der Waals surface area contributed by atoms with E-state index in [9.17, 15) is 4.79 Å². The Hall–Kier alpha value is -1.15. The number of rotatable bonds is 14. The van der Waals surface area contributed by atoms with Crippen LogP contribution in [0.4, 0.5) is 0 Å². The molecular formula is C33H54O2. The molecule has 5 atom stereocenters. The molecule has 2 nitrogen and oxygen atoms in total. The first-order valence-electron chi connectivity index (χ1n) is 15.2. The highest BCUT2D eigenvalue weighted by atomic mass is 16.5. The van der Waals surface area contributed by atoms with E-state index in [1.54, 1.807) is 5.56 Å². The van der Waals surface area contributed by atoms with Gasteiger partial charge in [-0.15, -0.1) is 0 Å². The molecular weight excluding hydrogens is 428 g/mol. The van der Waals surface area contributed by atoms with Crippen LogP contribution in [0, 0.1) is 37.5 Å². The van der Waals surface area contributed by atoms with Gasteiger partial charge in [0.05, 0.1) is 0 Å². The van der Waals surface area contributed by atoms with Crippen LogP contribution in [-0.4, -0.2) is 19.0 Å². The van der Waals surface area contributed by atoms with Crippen LogP contribution in [0.15, 0.2) is 18.2 Å². The van der Waals surface area contributed by atoms with E-state index in [1.165, 1.54) is 88.2 Å². The van der Waals surface area contributed by atoms with Crippen molar-refractivity contribution in [3.8, 4) is 0 Å². The Morgan fingerprint density at radius 3 is 2.60 bits per heavy atom. The lowest BCUT2D eigenvalue weighted by molar-refractivity contribution is -0.125. The van der Waals surface area contributed by atoms with Gasteiger partial charge in [0.2, 0.25) is 0 Å². The maximum Gasteiger partial charge on any atom is 0.136 e. The van der Waals surface area contributed by atoms with Crippen LogP contribution in [0.25, 0.3) is 0 Å². The van der Waals surface area contributed by atoms with Crippen molar-refractivity contribution in [2.45, 2.75) is 130 Å². The summed E-state index contributed by atoms with van der Waals surface area (Å²) in [6.07, 6.45) is 18.2. The molecule has 0 spiro atoms. The van der Waals surface area contributed by atoms with Crippen LogP contribution in [-0.2, 0) is 9.53 Å². The van der Waals surface area contributed by atoms with Gasteiger partial charge in [0, 0.05) is 25.6 Å². The number of hydrogen-bond donors (Lipinski definition) is 0. The molecule has 0 N–H and O–H groups in total. The minimum atomic E-state index is 0.291. The minimum Gasteiger partial charge on any atom is -0.381 e. The zero-order chi connectivity index (χ0) is 25.0. The molecule has 3 rings (SSSR count). The monoisotopic (exact) mass is 482 g/mol. The average Bonchev–Trinajstić information content (AvgIpc) is 2.86. The van der Waals surface area contributed by atoms with Crippen molar-refractivity contribution in [3.63, 3.8) is 0 Å². The van der Waals surface area contributed by atoms with E-state index in [0.717, 1.165) is 32.5 Å². The number of benzene rings is 1. The molecule has 1 aromatic carbocycles. The lowest BCUT2D eigenvalue weighted by Gasteiger charge is -2.36. The highest BCUT2D eigenvalue weighted by Gasteiger charge is 2.34. The van der Waals surface area contributed by atoms with Crippen LogP contribution in [0.5, 0.6) is 0 Å². The molecule has 1 saturated carbocycles. The molecule has 2 heteroatoms. The molecule has 198 valence electrons. The van der Waals surface area contributed by atoms with Crippen molar-refractivity contribution in [1.29, 1.82) is 0 Å². The summed E-state index contributed by atoms with van der Waals surface area (Å²) in [7, 11) is 0. The van der Waals surface area contributed by atoms with E-state index in [-0.39, 0.29) is 0 Å². The first-order chi connectivity index (χ1) is 17.0. The van der Waals surface area contributed by atoms with Gasteiger partial charge in [0.15, 0.2) is 0 Å². The summed E-state index contributed by atoms with van der Waals surface area (Å²) >= 11 is 0. The smallest absolute Gasteiger partial charge is 0.136 e. The van der Waals surface area contributed by atoms with Gasteiger partial charge in [0.25, 0.3) is 0 Å². The van der Waals surface area contributed by atoms with Gasteiger partial charge in [-0.2, -0.15) is 0 Å². The third-order valence-electron chi connectivity index (χ3n) is 9.05. The van der Waals surface area contributed by atoms with Crippen molar-refractivity contribution >= 4 is 5.78 Å². The maximum atomic E-state index is 13.6. The second kappa shape index (κ2) is 15.2. The highest BCUT2D eigenvalue weighted by molar-refractivity contribution is 5.81. The van der Waals surface area contributed by atoms with E-state index < -0.39 is 0 Å². The van der Waals surface area contributed by atoms with Crippen molar-refractivity contribution in [2.24, 2.45) is 23.7 Å². The van der Waals surface area contributed by atoms with Gasteiger partial charge in [-0.1, -0.05) is 82.6 Å². The second-order valence-electron chi connectivity index (χ2n) is 12.1. The summed E-state index contributed by atoms with van der Waals surface area (Å²) in [6, 6.07) is 7.03. The Kier molecular flexibility index (Phi) is 12.3. The summed E-state index contributed by atoms with van der Waals surface area (Å²) in [5.41, 5.74) is 4.39. The number of unbranched alkanes of at least 4 members (excludes halogenated alkanes) is 3. The number of aryl methyl sites for hydroxylation is 2. The molecule has 1 aliphatic heterocycles. The molecule has 5 unspecified atom stereocenters. The number of ketones is 1. The topological polar surface area (TPSA) is 26.3 Å². The van der Waals surface area contributed by atoms with Gasteiger partial charge >= 0.3 is 0 Å². The minimum absolute atomic E-state index is 0.291. The van der Waals surface area contributed by atoms with Crippen LogP contribution in [0.1, 0.15) is 133 Å². The Bertz CT molecular complexity index is 747. The van der Waals surface area contributed by atoms with Gasteiger partial charge < -0.3 is 4.74 Å². The lowest BCUT2D eigenvalue weighted by Crippen LogP contribution is -2.29. The van der Waals surface area contributed by atoms with E-state index in [1.807, 2.05) is 0 Å². The fourth-order valence-electron chi connectivity index (χ4n) is 7.11. The van der Waals surface area contributed by atoms with Crippen LogP contribution >= 0.6 is 0 Å². The van der Waals surface area contributed by atoms with Gasteiger partial charge in [-0.25, -0.2) is 0 Å². The van der Waals surface area contributed by atoms with Gasteiger partial charge in [0.1, 0.15) is 5.78 Å². The summed E-state index contributed by atoms with van der Waals surface area (Å²) in [5.74, 6) is 3.38. The van der Waals surface area contributed by atoms with Crippen molar-refractivity contribution in [1.82, 2.24) is 0 Å². The molecule has 0 radical (unpaired) electrons. The Morgan fingerprint density at radius 2 is 1.86 bits per heavy atom. The predicted octanol–water partition coefficient (Wildman–Crippen LogP) is 9.36. The normalized spacial score (nSPS) is 24.7. The standard InChI is InChI=1S/C33H54O2/c1-5-7-8-9-16-31(32-20-25(3)17-18-26(32)4)29-14-10-15-30(23-29)33(34)22-27(12-6-2)21-28-13-11-19-35-24-28/h17-18,20,27-31H,5-16,19,21-24H2,1-4H3. The SMILES string of the molecule is CCCCCCC(c1cc(C)ccc1C)C1CCCC(C(=O)CC(CCC)CC2CCCOC2)C1. The summed E-state index contributed by atoms with van der Waals surface area (Å²) < 4.78 is 5.75. The maximum absolute atomic E-state index is 13.6. The summed E-state index contributed by atoms with van der Waals surface area (Å²) in [6.45, 7) is 10.9. The zero-order valence-corrected chi connectivity index (χ0v) is 23.5. The molecule has 2 fully saturated rings. The van der Waals surface area contributed by atoms with Crippen molar-refractivity contribution in [2.75, 3.05) is 13.2 Å². The fraction of sp³-hybridized carbons (Fsp3) is 0.788. The van der Waals surface area contributed by atoms with E-state index in [4.69, 9.17) is 4.74 Å². The number of hydrogen-bond acceptors (Lipinski definition) is 2. The van der Waals surface area contributed by atoms with Gasteiger partial charge in [-0.05, 0) is 93.6 Å². The van der Waals surface area contributed by atoms with Crippen LogP contribution < -0.4 is 0 Å². The number of carbonyl (C=O) groups is 1. The number of Topliss-reactive ketones (excluding diaryl/α,β-unsaturated/α-hetero) is 1.